The first-order valence-electron chi connectivity index (χ1n) is 10.6. The molecular formula is C27H24F2N2O2. The Labute approximate surface area is 190 Å². The van der Waals surface area contributed by atoms with Gasteiger partial charge in [0.05, 0.1) is 11.1 Å². The van der Waals surface area contributed by atoms with Crippen molar-refractivity contribution in [2.24, 2.45) is 0 Å². The Morgan fingerprint density at radius 2 is 1.76 bits per heavy atom. The summed E-state index contributed by atoms with van der Waals surface area (Å²) in [6, 6.07) is 18.9. The zero-order valence-electron chi connectivity index (χ0n) is 18.6. The van der Waals surface area contributed by atoms with Crippen LogP contribution in [0.15, 0.2) is 66.7 Å². The zero-order valence-corrected chi connectivity index (χ0v) is 18.6. The summed E-state index contributed by atoms with van der Waals surface area (Å²) in [5.41, 5.74) is 5.68. The maximum absolute atomic E-state index is 13.3. The molecule has 0 aliphatic rings. The van der Waals surface area contributed by atoms with Crippen LogP contribution in [0, 0.1) is 13.8 Å². The summed E-state index contributed by atoms with van der Waals surface area (Å²) in [6.07, 6.45) is -2.55. The van der Waals surface area contributed by atoms with E-state index in [0.717, 1.165) is 33.3 Å². The van der Waals surface area contributed by atoms with Crippen LogP contribution in [0.2, 0.25) is 0 Å². The van der Waals surface area contributed by atoms with E-state index in [1.165, 1.54) is 12.1 Å². The molecule has 168 valence electrons. The summed E-state index contributed by atoms with van der Waals surface area (Å²) in [4.78, 5) is 16.4. The fourth-order valence-corrected chi connectivity index (χ4v) is 4.14. The van der Waals surface area contributed by atoms with E-state index in [1.807, 2.05) is 39.0 Å². The van der Waals surface area contributed by atoms with Crippen molar-refractivity contribution in [1.82, 2.24) is 4.98 Å². The standard InChI is InChI=1S/C27H24F2N2O2/c1-15-11-22(17(3)30-24-10-5-4-9-20(24)27(32)33)23-14-21(16(2)31-25(23)12-15)18-7-6-8-19(13-18)26(28)29/h4-14,17,26,30H,1-3H3,(H,32,33)/t17-/m0/s1. The molecule has 1 aromatic heterocycles. The molecule has 33 heavy (non-hydrogen) atoms. The summed E-state index contributed by atoms with van der Waals surface area (Å²) in [6.45, 7) is 5.82. The van der Waals surface area contributed by atoms with Crippen molar-refractivity contribution in [3.05, 3.63) is 94.7 Å². The Morgan fingerprint density at radius 3 is 2.48 bits per heavy atom. The minimum absolute atomic E-state index is 0.0311. The van der Waals surface area contributed by atoms with Gasteiger partial charge < -0.3 is 10.4 Å². The molecule has 0 radical (unpaired) electrons. The van der Waals surface area contributed by atoms with Crippen molar-refractivity contribution < 1.29 is 18.7 Å². The van der Waals surface area contributed by atoms with Gasteiger partial charge in [-0.1, -0.05) is 36.4 Å². The molecule has 2 N–H and O–H groups in total. The summed E-state index contributed by atoms with van der Waals surface area (Å²) in [5.74, 6) is -1.00. The lowest BCUT2D eigenvalue weighted by Gasteiger charge is -2.20. The van der Waals surface area contributed by atoms with Crippen molar-refractivity contribution in [3.8, 4) is 11.1 Å². The highest BCUT2D eigenvalue weighted by Gasteiger charge is 2.17. The van der Waals surface area contributed by atoms with Crippen LogP contribution in [-0.2, 0) is 0 Å². The third-order valence-electron chi connectivity index (χ3n) is 5.75. The molecule has 0 unspecified atom stereocenters. The van der Waals surface area contributed by atoms with E-state index in [-0.39, 0.29) is 17.2 Å². The Morgan fingerprint density at radius 1 is 1.00 bits per heavy atom. The van der Waals surface area contributed by atoms with Crippen LogP contribution in [0.5, 0.6) is 0 Å². The summed E-state index contributed by atoms with van der Waals surface area (Å²) in [5, 5.41) is 13.7. The van der Waals surface area contributed by atoms with Gasteiger partial charge in [0.2, 0.25) is 0 Å². The fourth-order valence-electron chi connectivity index (χ4n) is 4.14. The van der Waals surface area contributed by atoms with E-state index in [1.54, 1.807) is 36.4 Å². The van der Waals surface area contributed by atoms with Gasteiger partial charge in [-0.25, -0.2) is 13.6 Å². The number of pyridine rings is 1. The number of nitrogens with one attached hydrogen (secondary N) is 1. The Bertz CT molecular complexity index is 1350. The van der Waals surface area contributed by atoms with Gasteiger partial charge in [-0.15, -0.1) is 0 Å². The van der Waals surface area contributed by atoms with Gasteiger partial charge >= 0.3 is 5.97 Å². The number of aryl methyl sites for hydroxylation is 2. The lowest BCUT2D eigenvalue weighted by atomic mass is 9.94. The maximum Gasteiger partial charge on any atom is 0.337 e. The minimum Gasteiger partial charge on any atom is -0.478 e. The number of fused-ring (bicyclic) bond motifs is 1. The number of halogens is 2. The van der Waals surface area contributed by atoms with Crippen molar-refractivity contribution in [1.29, 1.82) is 0 Å². The van der Waals surface area contributed by atoms with Crippen molar-refractivity contribution >= 4 is 22.6 Å². The number of carboxylic acid groups (broad SMARTS) is 1. The van der Waals surface area contributed by atoms with Gasteiger partial charge in [0.1, 0.15) is 0 Å². The number of aromatic carboxylic acids is 1. The van der Waals surface area contributed by atoms with Crippen LogP contribution < -0.4 is 5.32 Å². The molecular weight excluding hydrogens is 422 g/mol. The molecule has 4 aromatic rings. The molecule has 0 aliphatic carbocycles. The second-order valence-electron chi connectivity index (χ2n) is 8.19. The predicted octanol–water partition coefficient (Wildman–Crippen LogP) is 7.33. The van der Waals surface area contributed by atoms with Crippen molar-refractivity contribution in [2.75, 3.05) is 5.32 Å². The first-order chi connectivity index (χ1) is 15.7. The maximum atomic E-state index is 13.3. The average Bonchev–Trinajstić information content (AvgIpc) is 2.78. The molecule has 4 nitrogen and oxygen atoms in total. The SMILES string of the molecule is Cc1cc([C@H](C)Nc2ccccc2C(=O)O)c2cc(-c3cccc(C(F)F)c3)c(C)nc2c1. The first-order valence-corrected chi connectivity index (χ1v) is 10.6. The summed E-state index contributed by atoms with van der Waals surface area (Å²) < 4.78 is 26.5. The number of benzene rings is 3. The molecule has 0 saturated carbocycles. The Kier molecular flexibility index (Phi) is 6.09. The van der Waals surface area contributed by atoms with E-state index < -0.39 is 12.4 Å². The third-order valence-corrected chi connectivity index (χ3v) is 5.75. The van der Waals surface area contributed by atoms with Crippen LogP contribution in [0.1, 0.15) is 52.1 Å². The highest BCUT2D eigenvalue weighted by Crippen LogP contribution is 2.34. The molecule has 0 bridgehead atoms. The molecule has 0 fully saturated rings. The number of hydrogen-bond acceptors (Lipinski definition) is 3. The van der Waals surface area contributed by atoms with Crippen LogP contribution in [-0.4, -0.2) is 16.1 Å². The fraction of sp³-hybridized carbons (Fsp3) is 0.185. The van der Waals surface area contributed by atoms with Crippen LogP contribution in [0.4, 0.5) is 14.5 Å². The smallest absolute Gasteiger partial charge is 0.337 e. The minimum atomic E-state index is -2.55. The summed E-state index contributed by atoms with van der Waals surface area (Å²) in [7, 11) is 0. The van der Waals surface area contributed by atoms with E-state index in [9.17, 15) is 18.7 Å². The number of rotatable bonds is 6. The molecule has 0 amide bonds. The molecule has 0 saturated heterocycles. The van der Waals surface area contributed by atoms with Gasteiger partial charge in [0.15, 0.2) is 0 Å². The molecule has 6 heteroatoms. The van der Waals surface area contributed by atoms with E-state index in [2.05, 4.69) is 5.32 Å². The van der Waals surface area contributed by atoms with Gasteiger partial charge in [0, 0.05) is 33.9 Å². The van der Waals surface area contributed by atoms with Gasteiger partial charge in [-0.2, -0.15) is 0 Å². The van der Waals surface area contributed by atoms with Gasteiger partial charge in [-0.3, -0.25) is 4.98 Å². The number of hydrogen-bond donors (Lipinski definition) is 2. The highest BCUT2D eigenvalue weighted by molar-refractivity contribution is 5.94. The first kappa shape index (κ1) is 22.4. The zero-order chi connectivity index (χ0) is 23.7. The van der Waals surface area contributed by atoms with Gasteiger partial charge in [0.25, 0.3) is 6.43 Å². The monoisotopic (exact) mass is 446 g/mol. The highest BCUT2D eigenvalue weighted by atomic mass is 19.3. The average molecular weight is 446 g/mol. The number of aromatic nitrogens is 1. The van der Waals surface area contributed by atoms with E-state index in [0.29, 0.717) is 11.3 Å². The molecule has 0 spiro atoms. The second kappa shape index (κ2) is 8.98. The van der Waals surface area contributed by atoms with Crippen LogP contribution in [0.3, 0.4) is 0 Å². The van der Waals surface area contributed by atoms with E-state index in [4.69, 9.17) is 4.98 Å². The van der Waals surface area contributed by atoms with E-state index >= 15 is 0 Å². The van der Waals surface area contributed by atoms with Gasteiger partial charge in [-0.05, 0) is 67.8 Å². The number of para-hydroxylation sites is 1. The topological polar surface area (TPSA) is 62.2 Å². The number of nitrogens with zero attached hydrogens (tertiary/aromatic N) is 1. The molecule has 0 aliphatic heterocycles. The lowest BCUT2D eigenvalue weighted by molar-refractivity contribution is 0.0698. The van der Waals surface area contributed by atoms with Crippen LogP contribution >= 0.6 is 0 Å². The third kappa shape index (κ3) is 4.55. The normalized spacial score (nSPS) is 12.2. The quantitative estimate of drug-likeness (QED) is 0.326. The van der Waals surface area contributed by atoms with Crippen LogP contribution in [0.25, 0.3) is 22.0 Å². The Hall–Kier alpha value is -3.80. The van der Waals surface area contributed by atoms with Crippen molar-refractivity contribution in [3.63, 3.8) is 0 Å². The lowest BCUT2D eigenvalue weighted by Crippen LogP contribution is -2.11. The second-order valence-corrected chi connectivity index (χ2v) is 8.19. The number of alkyl halides is 2. The summed E-state index contributed by atoms with van der Waals surface area (Å²) >= 11 is 0. The predicted molar refractivity (Wildman–Crippen MR) is 127 cm³/mol. The van der Waals surface area contributed by atoms with Crippen molar-refractivity contribution in [2.45, 2.75) is 33.2 Å². The molecule has 1 heterocycles. The Balaban J connectivity index is 1.83. The molecule has 3 aromatic carbocycles. The number of carboxylic acids is 1. The number of anilines is 1. The largest absolute Gasteiger partial charge is 0.478 e. The molecule has 1 atom stereocenters. The molecule has 4 rings (SSSR count). The number of carbonyl (C=O) groups is 1.